The minimum atomic E-state index is -0.102. The second-order valence-corrected chi connectivity index (χ2v) is 2.93. The molecule has 0 aromatic carbocycles. The summed E-state index contributed by atoms with van der Waals surface area (Å²) in [6.45, 7) is 0. The van der Waals surface area contributed by atoms with Crippen molar-refractivity contribution in [2.24, 2.45) is 0 Å². The van der Waals surface area contributed by atoms with Crippen LogP contribution in [0.15, 0.2) is 36.8 Å². The van der Waals surface area contributed by atoms with Crippen molar-refractivity contribution < 1.29 is 5.11 Å². The molecule has 0 bridgehead atoms. The first-order chi connectivity index (χ1) is 7.31. The van der Waals surface area contributed by atoms with Crippen LogP contribution in [0.25, 0.3) is 11.3 Å². The summed E-state index contributed by atoms with van der Waals surface area (Å²) >= 11 is 0. The third kappa shape index (κ3) is 1.76. The summed E-state index contributed by atoms with van der Waals surface area (Å²) in [6.07, 6.45) is 4.57. The van der Waals surface area contributed by atoms with Gasteiger partial charge in [0.05, 0.1) is 17.5 Å². The van der Waals surface area contributed by atoms with Crippen molar-refractivity contribution in [2.75, 3.05) is 0 Å². The van der Waals surface area contributed by atoms with Gasteiger partial charge in [-0.1, -0.05) is 0 Å². The summed E-state index contributed by atoms with van der Waals surface area (Å²) in [5.41, 5.74) is 1.73. The molecule has 4 nitrogen and oxygen atoms in total. The standard InChI is InChI=1S/C11H7N3O/c12-6-9-5-10(14-7-11(9)15)8-1-3-13-4-2-8/h1-5,7,15H. The SMILES string of the molecule is N#Cc1cc(-c2ccncc2)ncc1O. The Balaban J connectivity index is 2.52. The molecule has 0 unspecified atom stereocenters. The van der Waals surface area contributed by atoms with E-state index in [1.165, 1.54) is 6.20 Å². The van der Waals surface area contributed by atoms with Gasteiger partial charge in [-0.05, 0) is 18.2 Å². The molecule has 0 aliphatic heterocycles. The van der Waals surface area contributed by atoms with Crippen molar-refractivity contribution in [3.8, 4) is 23.1 Å². The van der Waals surface area contributed by atoms with Gasteiger partial charge in [0.2, 0.25) is 0 Å². The summed E-state index contributed by atoms with van der Waals surface area (Å²) in [7, 11) is 0. The van der Waals surface area contributed by atoms with Crippen LogP contribution in [0.5, 0.6) is 5.75 Å². The molecule has 1 N–H and O–H groups in total. The number of pyridine rings is 2. The number of rotatable bonds is 1. The van der Waals surface area contributed by atoms with Crippen molar-refractivity contribution in [3.05, 3.63) is 42.4 Å². The van der Waals surface area contributed by atoms with E-state index in [1.807, 2.05) is 6.07 Å². The van der Waals surface area contributed by atoms with E-state index in [2.05, 4.69) is 9.97 Å². The molecule has 15 heavy (non-hydrogen) atoms. The zero-order valence-corrected chi connectivity index (χ0v) is 7.75. The normalized spacial score (nSPS) is 9.53. The maximum Gasteiger partial charge on any atom is 0.151 e. The number of nitrogens with zero attached hydrogens (tertiary/aromatic N) is 3. The van der Waals surface area contributed by atoms with E-state index in [0.717, 1.165) is 5.56 Å². The van der Waals surface area contributed by atoms with E-state index < -0.39 is 0 Å². The van der Waals surface area contributed by atoms with Gasteiger partial charge in [0.15, 0.2) is 5.75 Å². The van der Waals surface area contributed by atoms with Gasteiger partial charge in [0, 0.05) is 18.0 Å². The van der Waals surface area contributed by atoms with E-state index >= 15 is 0 Å². The van der Waals surface area contributed by atoms with Gasteiger partial charge >= 0.3 is 0 Å². The van der Waals surface area contributed by atoms with Crippen LogP contribution < -0.4 is 0 Å². The Kier molecular flexibility index (Phi) is 2.30. The maximum atomic E-state index is 9.28. The Labute approximate surface area is 86.5 Å². The Bertz CT molecular complexity index is 517. The molecule has 72 valence electrons. The second kappa shape index (κ2) is 3.76. The Morgan fingerprint density at radius 1 is 1.27 bits per heavy atom. The molecule has 0 atom stereocenters. The molecule has 0 amide bonds. The molecule has 0 saturated carbocycles. The van der Waals surface area contributed by atoms with Gasteiger partial charge < -0.3 is 5.11 Å². The van der Waals surface area contributed by atoms with Gasteiger partial charge in [-0.25, -0.2) is 0 Å². The topological polar surface area (TPSA) is 69.8 Å². The predicted molar refractivity (Wildman–Crippen MR) is 53.8 cm³/mol. The van der Waals surface area contributed by atoms with E-state index in [1.54, 1.807) is 30.6 Å². The Morgan fingerprint density at radius 2 is 2.00 bits per heavy atom. The summed E-state index contributed by atoms with van der Waals surface area (Å²) in [5.74, 6) is -0.102. The van der Waals surface area contributed by atoms with Gasteiger partial charge in [-0.2, -0.15) is 5.26 Å². The van der Waals surface area contributed by atoms with Crippen molar-refractivity contribution in [1.29, 1.82) is 5.26 Å². The summed E-state index contributed by atoms with van der Waals surface area (Å²) in [6, 6.07) is 7.03. The fourth-order valence-corrected chi connectivity index (χ4v) is 1.22. The zero-order chi connectivity index (χ0) is 10.7. The lowest BCUT2D eigenvalue weighted by Crippen LogP contribution is -1.86. The van der Waals surface area contributed by atoms with Crippen LogP contribution in [0.4, 0.5) is 0 Å². The van der Waals surface area contributed by atoms with Gasteiger partial charge in [0.1, 0.15) is 6.07 Å². The second-order valence-electron chi connectivity index (χ2n) is 2.93. The third-order valence-electron chi connectivity index (χ3n) is 1.98. The quantitative estimate of drug-likeness (QED) is 0.755. The van der Waals surface area contributed by atoms with Crippen molar-refractivity contribution >= 4 is 0 Å². The maximum absolute atomic E-state index is 9.28. The highest BCUT2D eigenvalue weighted by molar-refractivity contribution is 5.61. The molecular formula is C11H7N3O. The third-order valence-corrected chi connectivity index (χ3v) is 1.98. The molecule has 2 aromatic rings. The van der Waals surface area contributed by atoms with Crippen LogP contribution in [0.1, 0.15) is 5.56 Å². The first-order valence-corrected chi connectivity index (χ1v) is 4.31. The van der Waals surface area contributed by atoms with Crippen molar-refractivity contribution in [3.63, 3.8) is 0 Å². The first-order valence-electron chi connectivity index (χ1n) is 4.31. The highest BCUT2D eigenvalue weighted by atomic mass is 16.3. The Hall–Kier alpha value is -2.41. The predicted octanol–water partition coefficient (Wildman–Crippen LogP) is 1.72. The van der Waals surface area contributed by atoms with E-state index in [0.29, 0.717) is 5.69 Å². The van der Waals surface area contributed by atoms with Crippen LogP contribution in [-0.2, 0) is 0 Å². The largest absolute Gasteiger partial charge is 0.505 e. The molecule has 0 fully saturated rings. The molecule has 0 aliphatic carbocycles. The lowest BCUT2D eigenvalue weighted by molar-refractivity contribution is 0.471. The lowest BCUT2D eigenvalue weighted by atomic mass is 10.1. The van der Waals surface area contributed by atoms with Gasteiger partial charge in [0.25, 0.3) is 0 Å². The minimum absolute atomic E-state index is 0.102. The molecule has 0 radical (unpaired) electrons. The fraction of sp³-hybridized carbons (Fsp3) is 0. The zero-order valence-electron chi connectivity index (χ0n) is 7.75. The number of aromatic nitrogens is 2. The minimum Gasteiger partial charge on any atom is -0.505 e. The first kappa shape index (κ1) is 9.16. The van der Waals surface area contributed by atoms with E-state index in [4.69, 9.17) is 5.26 Å². The molecule has 4 heteroatoms. The average Bonchev–Trinajstić information content (AvgIpc) is 2.31. The summed E-state index contributed by atoms with van der Waals surface area (Å²) < 4.78 is 0. The highest BCUT2D eigenvalue weighted by Crippen LogP contribution is 2.21. The summed E-state index contributed by atoms with van der Waals surface area (Å²) in [5, 5.41) is 18.0. The van der Waals surface area contributed by atoms with Crippen LogP contribution in [0.3, 0.4) is 0 Å². The van der Waals surface area contributed by atoms with Gasteiger partial charge in [-0.15, -0.1) is 0 Å². The fourth-order valence-electron chi connectivity index (χ4n) is 1.22. The summed E-state index contributed by atoms with van der Waals surface area (Å²) in [4.78, 5) is 7.92. The van der Waals surface area contributed by atoms with E-state index in [9.17, 15) is 5.11 Å². The van der Waals surface area contributed by atoms with Crippen LogP contribution in [0, 0.1) is 11.3 Å². The highest BCUT2D eigenvalue weighted by Gasteiger charge is 2.04. The number of aromatic hydroxyl groups is 1. The van der Waals surface area contributed by atoms with Gasteiger partial charge in [-0.3, -0.25) is 9.97 Å². The molecule has 0 aliphatic rings. The molecule has 2 aromatic heterocycles. The average molecular weight is 197 g/mol. The van der Waals surface area contributed by atoms with E-state index in [-0.39, 0.29) is 11.3 Å². The molecule has 2 rings (SSSR count). The van der Waals surface area contributed by atoms with Crippen LogP contribution in [-0.4, -0.2) is 15.1 Å². The number of hydrogen-bond donors (Lipinski definition) is 1. The van der Waals surface area contributed by atoms with Crippen LogP contribution >= 0.6 is 0 Å². The lowest BCUT2D eigenvalue weighted by Gasteiger charge is -2.01. The molecule has 2 heterocycles. The Morgan fingerprint density at radius 3 is 2.67 bits per heavy atom. The molecular weight excluding hydrogens is 190 g/mol. The number of hydrogen-bond acceptors (Lipinski definition) is 4. The van der Waals surface area contributed by atoms with Crippen molar-refractivity contribution in [2.45, 2.75) is 0 Å². The number of nitriles is 1. The molecule has 0 spiro atoms. The molecule has 0 saturated heterocycles. The van der Waals surface area contributed by atoms with Crippen molar-refractivity contribution in [1.82, 2.24) is 9.97 Å². The van der Waals surface area contributed by atoms with Crippen LogP contribution in [0.2, 0.25) is 0 Å². The monoisotopic (exact) mass is 197 g/mol. The smallest absolute Gasteiger partial charge is 0.151 e.